The van der Waals surface area contributed by atoms with Crippen molar-refractivity contribution in [3.05, 3.63) is 17.2 Å². The average molecular weight is 291 g/mol. The second-order valence-corrected chi connectivity index (χ2v) is 6.59. The van der Waals surface area contributed by atoms with Crippen LogP contribution in [0.5, 0.6) is 0 Å². The molecular formula is C16H29N5. The third kappa shape index (κ3) is 3.15. The third-order valence-corrected chi connectivity index (χ3v) is 5.21. The van der Waals surface area contributed by atoms with E-state index in [9.17, 15) is 0 Å². The lowest BCUT2D eigenvalue weighted by molar-refractivity contribution is 0.0709. The van der Waals surface area contributed by atoms with Crippen LogP contribution in [0.1, 0.15) is 48.9 Å². The van der Waals surface area contributed by atoms with Crippen LogP contribution in [-0.4, -0.2) is 58.5 Å². The van der Waals surface area contributed by atoms with Gasteiger partial charge in [-0.05, 0) is 26.7 Å². The van der Waals surface area contributed by atoms with Gasteiger partial charge in [0, 0.05) is 44.5 Å². The molecule has 2 aliphatic rings. The number of hydrogen-bond acceptors (Lipinski definition) is 4. The summed E-state index contributed by atoms with van der Waals surface area (Å²) in [7, 11) is 0. The van der Waals surface area contributed by atoms with E-state index in [2.05, 4.69) is 26.7 Å². The highest BCUT2D eigenvalue weighted by Gasteiger charge is 2.30. The molecule has 1 saturated heterocycles. The van der Waals surface area contributed by atoms with Crippen LogP contribution in [0.2, 0.25) is 0 Å². The minimum absolute atomic E-state index is 0.265. The number of aromatic amines is 1. The van der Waals surface area contributed by atoms with Crippen molar-refractivity contribution in [1.29, 1.82) is 0 Å². The second-order valence-electron chi connectivity index (χ2n) is 6.59. The van der Waals surface area contributed by atoms with Gasteiger partial charge in [0.25, 0.3) is 0 Å². The Labute approximate surface area is 127 Å². The van der Waals surface area contributed by atoms with Crippen molar-refractivity contribution in [1.82, 2.24) is 19.8 Å². The zero-order valence-electron chi connectivity index (χ0n) is 13.4. The molecule has 2 heterocycles. The smallest absolute Gasteiger partial charge is 0.103 e. The van der Waals surface area contributed by atoms with Gasteiger partial charge in [0.1, 0.15) is 5.82 Å². The molecule has 21 heavy (non-hydrogen) atoms. The Kier molecular flexibility index (Phi) is 4.62. The maximum Gasteiger partial charge on any atom is 0.103 e. The van der Waals surface area contributed by atoms with Crippen LogP contribution in [0, 0.1) is 13.8 Å². The van der Waals surface area contributed by atoms with Gasteiger partial charge in [0.05, 0.1) is 11.7 Å². The minimum atomic E-state index is 0.265. The Morgan fingerprint density at radius 1 is 1.19 bits per heavy atom. The van der Waals surface area contributed by atoms with E-state index in [1.807, 2.05) is 6.92 Å². The van der Waals surface area contributed by atoms with Gasteiger partial charge in [-0.3, -0.25) is 9.80 Å². The number of nitrogens with zero attached hydrogens (tertiary/aromatic N) is 3. The number of piperazine rings is 1. The van der Waals surface area contributed by atoms with Crippen LogP contribution in [0.25, 0.3) is 0 Å². The summed E-state index contributed by atoms with van der Waals surface area (Å²) in [5.74, 6) is 0.991. The van der Waals surface area contributed by atoms with Gasteiger partial charge in [-0.1, -0.05) is 12.8 Å². The molecule has 1 aliphatic carbocycles. The molecule has 1 unspecified atom stereocenters. The normalized spacial score (nSPS) is 23.8. The van der Waals surface area contributed by atoms with Crippen molar-refractivity contribution in [2.24, 2.45) is 5.73 Å². The Morgan fingerprint density at radius 3 is 2.38 bits per heavy atom. The molecule has 118 valence electrons. The Bertz CT molecular complexity index is 455. The quantitative estimate of drug-likeness (QED) is 0.884. The van der Waals surface area contributed by atoms with Crippen LogP contribution in [0.15, 0.2) is 0 Å². The fourth-order valence-electron chi connectivity index (χ4n) is 4.07. The Hall–Kier alpha value is -0.910. The lowest BCUT2D eigenvalue weighted by Gasteiger charge is -2.41. The first-order chi connectivity index (χ1) is 10.2. The SMILES string of the molecule is Cc1nc(C(CN)N2CCN(C3CCCC3)CC2)c(C)[nH]1. The number of nitrogens with two attached hydrogens (primary N) is 1. The molecule has 0 bridgehead atoms. The summed E-state index contributed by atoms with van der Waals surface area (Å²) in [6.07, 6.45) is 5.64. The summed E-state index contributed by atoms with van der Waals surface area (Å²) < 4.78 is 0. The summed E-state index contributed by atoms with van der Waals surface area (Å²) in [5, 5.41) is 0. The van der Waals surface area contributed by atoms with E-state index in [-0.39, 0.29) is 6.04 Å². The standard InChI is InChI=1S/C16H29N5/c1-12-16(19-13(2)18-12)15(11-17)21-9-7-20(8-10-21)14-5-3-4-6-14/h14-15H,3-11,17H2,1-2H3,(H,18,19). The minimum Gasteiger partial charge on any atom is -0.346 e. The van der Waals surface area contributed by atoms with Crippen LogP contribution < -0.4 is 5.73 Å². The van der Waals surface area contributed by atoms with Crippen molar-refractivity contribution >= 4 is 0 Å². The summed E-state index contributed by atoms with van der Waals surface area (Å²) in [4.78, 5) is 13.2. The highest BCUT2D eigenvalue weighted by Crippen LogP contribution is 2.27. The van der Waals surface area contributed by atoms with Gasteiger partial charge in [0.15, 0.2) is 0 Å². The third-order valence-electron chi connectivity index (χ3n) is 5.21. The van der Waals surface area contributed by atoms with Crippen molar-refractivity contribution in [3.63, 3.8) is 0 Å². The molecule has 1 aromatic heterocycles. The predicted octanol–water partition coefficient (Wildman–Crippen LogP) is 1.59. The van der Waals surface area contributed by atoms with Gasteiger partial charge in [0.2, 0.25) is 0 Å². The van der Waals surface area contributed by atoms with Crippen LogP contribution >= 0.6 is 0 Å². The fraction of sp³-hybridized carbons (Fsp3) is 0.812. The van der Waals surface area contributed by atoms with Gasteiger partial charge < -0.3 is 10.7 Å². The monoisotopic (exact) mass is 291 g/mol. The maximum absolute atomic E-state index is 6.06. The maximum atomic E-state index is 6.06. The number of nitrogens with one attached hydrogen (secondary N) is 1. The molecule has 1 aliphatic heterocycles. The first-order valence-corrected chi connectivity index (χ1v) is 8.40. The fourth-order valence-corrected chi connectivity index (χ4v) is 4.07. The summed E-state index contributed by atoms with van der Waals surface area (Å²) in [6.45, 7) is 9.37. The molecule has 0 spiro atoms. The van der Waals surface area contributed by atoms with E-state index in [1.54, 1.807) is 0 Å². The number of hydrogen-bond donors (Lipinski definition) is 2. The molecule has 3 N–H and O–H groups in total. The zero-order valence-corrected chi connectivity index (χ0v) is 13.4. The summed E-state index contributed by atoms with van der Waals surface area (Å²) in [5.41, 5.74) is 8.37. The van der Waals surface area contributed by atoms with Crippen molar-refractivity contribution in [2.45, 2.75) is 51.6 Å². The van der Waals surface area contributed by atoms with Crippen molar-refractivity contribution < 1.29 is 0 Å². The van der Waals surface area contributed by atoms with E-state index >= 15 is 0 Å². The molecule has 0 aromatic carbocycles. The predicted molar refractivity (Wildman–Crippen MR) is 85.3 cm³/mol. The number of H-pyrrole nitrogens is 1. The molecule has 0 amide bonds. The first kappa shape index (κ1) is 15.0. The molecule has 1 aromatic rings. The first-order valence-electron chi connectivity index (χ1n) is 8.40. The lowest BCUT2D eigenvalue weighted by atomic mass is 10.1. The second kappa shape index (κ2) is 6.46. The molecule has 5 nitrogen and oxygen atoms in total. The van der Waals surface area contributed by atoms with Crippen LogP contribution in [-0.2, 0) is 0 Å². The number of imidazole rings is 1. The Morgan fingerprint density at radius 2 is 1.86 bits per heavy atom. The molecular weight excluding hydrogens is 262 g/mol. The number of rotatable bonds is 4. The van der Waals surface area contributed by atoms with Gasteiger partial charge >= 0.3 is 0 Å². The molecule has 3 rings (SSSR count). The van der Waals surface area contributed by atoms with E-state index in [1.165, 1.54) is 44.5 Å². The Balaban J connectivity index is 1.63. The van der Waals surface area contributed by atoms with Gasteiger partial charge in [-0.15, -0.1) is 0 Å². The van der Waals surface area contributed by atoms with E-state index in [0.29, 0.717) is 6.54 Å². The van der Waals surface area contributed by atoms with E-state index in [4.69, 9.17) is 5.73 Å². The highest BCUT2D eigenvalue weighted by molar-refractivity contribution is 5.17. The topological polar surface area (TPSA) is 61.2 Å². The van der Waals surface area contributed by atoms with E-state index in [0.717, 1.165) is 30.6 Å². The zero-order chi connectivity index (χ0) is 14.8. The molecule has 1 saturated carbocycles. The van der Waals surface area contributed by atoms with Crippen LogP contribution in [0.4, 0.5) is 0 Å². The number of aromatic nitrogens is 2. The molecule has 5 heteroatoms. The molecule has 1 atom stereocenters. The van der Waals surface area contributed by atoms with Crippen molar-refractivity contribution in [2.75, 3.05) is 32.7 Å². The van der Waals surface area contributed by atoms with Gasteiger partial charge in [-0.25, -0.2) is 4.98 Å². The summed E-state index contributed by atoms with van der Waals surface area (Å²) in [6, 6.07) is 1.11. The highest BCUT2D eigenvalue weighted by atomic mass is 15.3. The average Bonchev–Trinajstić information content (AvgIpc) is 3.11. The molecule has 0 radical (unpaired) electrons. The van der Waals surface area contributed by atoms with E-state index < -0.39 is 0 Å². The molecule has 2 fully saturated rings. The largest absolute Gasteiger partial charge is 0.346 e. The van der Waals surface area contributed by atoms with Crippen molar-refractivity contribution in [3.8, 4) is 0 Å². The van der Waals surface area contributed by atoms with Crippen LogP contribution in [0.3, 0.4) is 0 Å². The van der Waals surface area contributed by atoms with Gasteiger partial charge in [-0.2, -0.15) is 0 Å². The summed E-state index contributed by atoms with van der Waals surface area (Å²) >= 11 is 0. The number of aryl methyl sites for hydroxylation is 2. The lowest BCUT2D eigenvalue weighted by Crippen LogP contribution is -2.51.